The van der Waals surface area contributed by atoms with Crippen molar-refractivity contribution < 1.29 is 76.1 Å². The molecule has 0 fully saturated rings. The minimum atomic E-state index is -5.52. The fraction of sp³-hybridized carbons (Fsp3) is 0.581. The van der Waals surface area contributed by atoms with Gasteiger partial charge in [0.1, 0.15) is 42.0 Å². The number of phosphoric ester groups is 2. The van der Waals surface area contributed by atoms with Gasteiger partial charge in [0, 0.05) is 53.5 Å². The van der Waals surface area contributed by atoms with Crippen molar-refractivity contribution in [3.63, 3.8) is 0 Å². The number of ether oxygens (including phenoxy) is 4. The zero-order valence-corrected chi connectivity index (χ0v) is 34.2. The van der Waals surface area contributed by atoms with Gasteiger partial charge in [0.25, 0.3) is 0 Å². The number of nitrogens with two attached hydrogens (primary N) is 2. The van der Waals surface area contributed by atoms with Gasteiger partial charge in [-0.1, -0.05) is 6.08 Å². The third kappa shape index (κ3) is 13.9. The summed E-state index contributed by atoms with van der Waals surface area (Å²) >= 11 is 0. The van der Waals surface area contributed by atoms with Gasteiger partial charge >= 0.3 is 27.3 Å². The van der Waals surface area contributed by atoms with Crippen LogP contribution in [0.3, 0.4) is 0 Å². The van der Waals surface area contributed by atoms with Crippen molar-refractivity contribution in [2.75, 3.05) is 59.2 Å². The first-order valence-corrected chi connectivity index (χ1v) is 20.5. The zero-order valence-electron chi connectivity index (χ0n) is 32.4. The van der Waals surface area contributed by atoms with E-state index in [9.17, 15) is 48.4 Å². The Kier molecular flexibility index (Phi) is 18.6. The number of methoxy groups -OCH3 is 2. The highest BCUT2D eigenvalue weighted by molar-refractivity contribution is 7.47. The Balaban J connectivity index is 2.02. The number of anilines is 2. The van der Waals surface area contributed by atoms with Gasteiger partial charge in [-0.15, -0.1) is 6.58 Å². The van der Waals surface area contributed by atoms with Crippen LogP contribution in [0.5, 0.6) is 0 Å². The van der Waals surface area contributed by atoms with Crippen LogP contribution >= 0.6 is 15.6 Å². The molecule has 3 aromatic heterocycles. The molecule has 28 heteroatoms. The number of allylic oxidation sites excluding steroid dienone is 1. The first-order chi connectivity index (χ1) is 27.8. The third-order valence-corrected chi connectivity index (χ3v) is 9.96. The summed E-state index contributed by atoms with van der Waals surface area (Å²) in [5.41, 5.74) is 10.3. The SMILES string of the molecule is C=CCCC(=O)N(C)[C@@H](CCOCC)C(=O)O[C@@H]([C@@H](O)n1cnc2c(N)ncnc21)[C@@H](COP(=O)(O)O[C@@H]([C@@H](O)n1ccc(N)nc1=O)[C@@H](COP(=O)(O)O)OC)OC. The number of carbonyl (C=O) groups excluding carboxylic acids is 2. The van der Waals surface area contributed by atoms with Gasteiger partial charge in [-0.25, -0.2) is 33.7 Å². The van der Waals surface area contributed by atoms with Gasteiger partial charge in [-0.3, -0.25) is 27.5 Å². The number of amides is 1. The summed E-state index contributed by atoms with van der Waals surface area (Å²) in [7, 11) is -7.30. The maximum Gasteiger partial charge on any atom is 0.472 e. The number of imidazole rings is 1. The molecule has 59 heavy (non-hydrogen) atoms. The number of aliphatic hydroxyl groups is 2. The number of nitrogen functional groups attached to an aromatic ring is 2. The molecule has 0 saturated carbocycles. The number of aliphatic hydroxyl groups excluding tert-OH is 2. The number of aromatic nitrogens is 6. The number of nitrogens with zero attached hydrogens (tertiary/aromatic N) is 7. The lowest BCUT2D eigenvalue weighted by molar-refractivity contribution is -0.183. The third-order valence-electron chi connectivity index (χ3n) is 8.49. The van der Waals surface area contributed by atoms with E-state index in [0.29, 0.717) is 11.0 Å². The van der Waals surface area contributed by atoms with Crippen LogP contribution in [0.15, 0.2) is 42.4 Å². The Labute approximate surface area is 336 Å². The largest absolute Gasteiger partial charge is 0.472 e. The minimum Gasteiger partial charge on any atom is -0.453 e. The zero-order chi connectivity index (χ0) is 44.1. The molecule has 0 spiro atoms. The summed E-state index contributed by atoms with van der Waals surface area (Å²) < 4.78 is 63.4. The second kappa shape index (κ2) is 22.4. The molecule has 3 heterocycles. The maximum absolute atomic E-state index is 14.0. The summed E-state index contributed by atoms with van der Waals surface area (Å²) in [6.45, 7) is 3.52. The number of likely N-dealkylation sites (N-methyl/N-ethyl adjacent to an activating group) is 1. The van der Waals surface area contributed by atoms with Crippen molar-refractivity contribution in [3.05, 3.63) is 48.1 Å². The summed E-state index contributed by atoms with van der Waals surface area (Å²) in [6, 6.07) is -0.201. The summed E-state index contributed by atoms with van der Waals surface area (Å²) in [6.07, 6.45) is -6.84. The molecule has 26 nitrogen and oxygen atoms in total. The summed E-state index contributed by atoms with van der Waals surface area (Å²) in [5.74, 6) is -1.84. The fourth-order valence-corrected chi connectivity index (χ4v) is 6.65. The van der Waals surface area contributed by atoms with Gasteiger partial charge in [0.15, 0.2) is 30.0 Å². The number of hydrogen-bond donors (Lipinski definition) is 7. The number of rotatable bonds is 26. The van der Waals surface area contributed by atoms with Gasteiger partial charge in [-0.05, 0) is 19.4 Å². The number of fused-ring (bicyclic) bond motifs is 1. The van der Waals surface area contributed by atoms with Crippen LogP contribution in [-0.4, -0.2) is 149 Å². The number of hydrogen-bond acceptors (Lipinski definition) is 20. The van der Waals surface area contributed by atoms with Crippen LogP contribution < -0.4 is 17.2 Å². The molecule has 3 rings (SSSR count). The quantitative estimate of drug-likeness (QED) is 0.0220. The van der Waals surface area contributed by atoms with Crippen LogP contribution in [0.2, 0.25) is 0 Å². The number of carbonyl (C=O) groups is 2. The van der Waals surface area contributed by atoms with Crippen LogP contribution in [-0.2, 0) is 51.2 Å². The normalized spacial score (nSPS) is 16.6. The highest BCUT2D eigenvalue weighted by Crippen LogP contribution is 2.48. The summed E-state index contributed by atoms with van der Waals surface area (Å²) in [5, 5.41) is 22.9. The lowest BCUT2D eigenvalue weighted by Crippen LogP contribution is -2.49. The summed E-state index contributed by atoms with van der Waals surface area (Å²) in [4.78, 5) is 85.7. The molecule has 0 aromatic carbocycles. The molecular formula is C31H49N9O17P2. The number of phosphoric acid groups is 2. The van der Waals surface area contributed by atoms with E-state index >= 15 is 0 Å². The monoisotopic (exact) mass is 881 g/mol. The van der Waals surface area contributed by atoms with E-state index in [1.54, 1.807) is 6.92 Å². The van der Waals surface area contributed by atoms with Crippen LogP contribution in [0.4, 0.5) is 11.6 Å². The molecule has 0 saturated heterocycles. The lowest BCUT2D eigenvalue weighted by Gasteiger charge is -2.34. The maximum atomic E-state index is 14.0. The number of esters is 1. The highest BCUT2D eigenvalue weighted by Gasteiger charge is 2.43. The van der Waals surface area contributed by atoms with E-state index in [2.05, 4.69) is 31.0 Å². The molecule has 0 aliphatic heterocycles. The van der Waals surface area contributed by atoms with Crippen molar-refractivity contribution in [1.82, 2.24) is 34.0 Å². The average Bonchev–Trinajstić information content (AvgIpc) is 3.62. The van der Waals surface area contributed by atoms with E-state index in [1.165, 1.54) is 13.1 Å². The highest BCUT2D eigenvalue weighted by atomic mass is 31.2. The van der Waals surface area contributed by atoms with Crippen molar-refractivity contribution in [2.24, 2.45) is 0 Å². The van der Waals surface area contributed by atoms with E-state index in [0.717, 1.165) is 48.6 Å². The second-order valence-electron chi connectivity index (χ2n) is 12.4. The second-order valence-corrected chi connectivity index (χ2v) is 15.0. The van der Waals surface area contributed by atoms with Crippen molar-refractivity contribution in [1.29, 1.82) is 0 Å². The van der Waals surface area contributed by atoms with Crippen molar-refractivity contribution >= 4 is 50.3 Å². The molecular weight excluding hydrogens is 832 g/mol. The molecule has 1 amide bonds. The predicted molar refractivity (Wildman–Crippen MR) is 202 cm³/mol. The fourth-order valence-electron chi connectivity index (χ4n) is 5.36. The van der Waals surface area contributed by atoms with Crippen LogP contribution in [0, 0.1) is 0 Å². The van der Waals surface area contributed by atoms with Gasteiger partial charge < -0.3 is 60.2 Å². The van der Waals surface area contributed by atoms with E-state index in [4.69, 9.17) is 39.5 Å². The van der Waals surface area contributed by atoms with Gasteiger partial charge in [0.05, 0.1) is 19.5 Å². The Bertz CT molecular complexity index is 2020. The molecule has 1 unspecified atom stereocenters. The first-order valence-electron chi connectivity index (χ1n) is 17.5. The standard InChI is InChI=1S/C31H49N9O17P2/c1-6-8-9-22(41)38(3)18(11-13-53-7-2)30(44)56-24(28(42)40-17-36-23-26(33)34-16-35-27(23)40)19(51-4)15-55-59(49,50)57-25(20(52-5)14-54-58(46,47)48)29(43)39-12-10-21(32)37-31(39)45/h6,10,12,16-20,24-25,28-29,42-43H,1,7-9,11,13-15H2,2-5H3,(H,49,50)(H2,32,37,45)(H2,33,34,35)(H2,46,47,48)/t18-,19+,20+,24+,25+,28+,29+/m0/s1. The molecule has 0 bridgehead atoms. The lowest BCUT2D eigenvalue weighted by atomic mass is 10.1. The van der Waals surface area contributed by atoms with Crippen LogP contribution in [0.25, 0.3) is 11.2 Å². The Hall–Kier alpha value is -4.27. The molecule has 330 valence electrons. The Morgan fingerprint density at radius 1 is 1.00 bits per heavy atom. The Morgan fingerprint density at radius 2 is 1.64 bits per heavy atom. The van der Waals surface area contributed by atoms with Gasteiger partial charge in [-0.2, -0.15) is 4.98 Å². The predicted octanol–water partition coefficient (Wildman–Crippen LogP) is -0.997. The van der Waals surface area contributed by atoms with E-state index in [1.807, 2.05) is 0 Å². The van der Waals surface area contributed by atoms with E-state index < -0.39 is 89.3 Å². The van der Waals surface area contributed by atoms with Crippen molar-refractivity contribution in [3.8, 4) is 0 Å². The minimum absolute atomic E-state index is 0.00146. The topological polar surface area (TPSA) is 368 Å². The smallest absolute Gasteiger partial charge is 0.453 e. The molecule has 0 radical (unpaired) electrons. The van der Waals surface area contributed by atoms with E-state index in [-0.39, 0.29) is 48.9 Å². The van der Waals surface area contributed by atoms with Crippen LogP contribution in [0.1, 0.15) is 38.6 Å². The molecule has 0 aliphatic rings. The molecule has 8 atom stereocenters. The molecule has 9 N–H and O–H groups in total. The molecule has 3 aromatic rings. The van der Waals surface area contributed by atoms with Gasteiger partial charge in [0.2, 0.25) is 5.91 Å². The first kappa shape index (κ1) is 49.1. The Morgan fingerprint density at radius 3 is 2.25 bits per heavy atom. The molecule has 0 aliphatic carbocycles. The van der Waals surface area contributed by atoms with Crippen molar-refractivity contribution in [2.45, 2.75) is 69.1 Å². The average molecular weight is 882 g/mol.